The van der Waals surface area contributed by atoms with Gasteiger partial charge in [0.2, 0.25) is 5.88 Å². The average Bonchev–Trinajstić information content (AvgIpc) is 2.89. The fourth-order valence-corrected chi connectivity index (χ4v) is 2.28. The van der Waals surface area contributed by atoms with Crippen LogP contribution in [-0.2, 0) is 0 Å². The molecule has 2 heterocycles. The molecule has 0 radical (unpaired) electrons. The van der Waals surface area contributed by atoms with Crippen LogP contribution in [0.4, 0.5) is 5.88 Å². The molecule has 1 aromatic carbocycles. The lowest BCUT2D eigenvalue weighted by molar-refractivity contribution is 0.414. The molecule has 0 bridgehead atoms. The first-order valence-electron chi connectivity index (χ1n) is 6.21. The summed E-state index contributed by atoms with van der Waals surface area (Å²) < 4.78 is 10.5. The molecule has 0 saturated carbocycles. The summed E-state index contributed by atoms with van der Waals surface area (Å²) in [5.41, 5.74) is 8.44. The van der Waals surface area contributed by atoms with Gasteiger partial charge in [0, 0.05) is 16.8 Å². The number of nitrogens with two attached hydrogens (primary N) is 1. The van der Waals surface area contributed by atoms with Crippen molar-refractivity contribution in [3.05, 3.63) is 47.6 Å². The second-order valence-corrected chi connectivity index (χ2v) is 4.77. The molecule has 106 valence electrons. The molecule has 5 nitrogen and oxygen atoms in total. The van der Waals surface area contributed by atoms with Gasteiger partial charge in [0.15, 0.2) is 0 Å². The molecular formula is C15H12ClN3O2. The van der Waals surface area contributed by atoms with Crippen LogP contribution in [0.5, 0.6) is 5.75 Å². The minimum Gasteiger partial charge on any atom is -0.496 e. The van der Waals surface area contributed by atoms with Gasteiger partial charge in [-0.1, -0.05) is 22.8 Å². The first-order valence-corrected chi connectivity index (χ1v) is 6.59. The maximum absolute atomic E-state index is 6.07. The van der Waals surface area contributed by atoms with Crippen LogP contribution in [0.2, 0.25) is 5.02 Å². The summed E-state index contributed by atoms with van der Waals surface area (Å²) in [4.78, 5) is 4.29. The number of anilines is 1. The van der Waals surface area contributed by atoms with Gasteiger partial charge in [-0.15, -0.1) is 0 Å². The van der Waals surface area contributed by atoms with E-state index >= 15 is 0 Å². The molecule has 0 aliphatic heterocycles. The fourth-order valence-electron chi connectivity index (χ4n) is 2.11. The molecular weight excluding hydrogens is 290 g/mol. The minimum atomic E-state index is 0.200. The summed E-state index contributed by atoms with van der Waals surface area (Å²) in [6.45, 7) is 0. The van der Waals surface area contributed by atoms with Crippen LogP contribution in [0.25, 0.3) is 22.5 Å². The van der Waals surface area contributed by atoms with Crippen molar-refractivity contribution in [3.8, 4) is 28.3 Å². The lowest BCUT2D eigenvalue weighted by atomic mass is 10.0. The van der Waals surface area contributed by atoms with Gasteiger partial charge in [-0.3, -0.25) is 4.98 Å². The van der Waals surface area contributed by atoms with Crippen molar-refractivity contribution in [2.45, 2.75) is 0 Å². The third-order valence-corrected chi connectivity index (χ3v) is 3.29. The molecule has 3 rings (SSSR count). The van der Waals surface area contributed by atoms with Gasteiger partial charge in [0.1, 0.15) is 11.4 Å². The predicted octanol–water partition coefficient (Wildman–Crippen LogP) is 3.65. The molecule has 0 spiro atoms. The molecule has 3 aromatic rings. The zero-order valence-electron chi connectivity index (χ0n) is 11.2. The van der Waals surface area contributed by atoms with Crippen LogP contribution in [0.3, 0.4) is 0 Å². The van der Waals surface area contributed by atoms with Crippen LogP contribution in [0, 0.1) is 0 Å². The Labute approximate surface area is 126 Å². The lowest BCUT2D eigenvalue weighted by Crippen LogP contribution is -1.92. The minimum absolute atomic E-state index is 0.200. The van der Waals surface area contributed by atoms with E-state index in [9.17, 15) is 0 Å². The third kappa shape index (κ3) is 2.43. The van der Waals surface area contributed by atoms with Gasteiger partial charge < -0.3 is 15.0 Å². The summed E-state index contributed by atoms with van der Waals surface area (Å²) in [5, 5.41) is 4.60. The van der Waals surface area contributed by atoms with Gasteiger partial charge in [0.25, 0.3) is 0 Å². The van der Waals surface area contributed by atoms with Gasteiger partial charge >= 0.3 is 0 Å². The number of methoxy groups -OCH3 is 1. The molecule has 0 aliphatic carbocycles. The smallest absolute Gasteiger partial charge is 0.232 e. The van der Waals surface area contributed by atoms with E-state index in [0.29, 0.717) is 33.3 Å². The quantitative estimate of drug-likeness (QED) is 0.799. The van der Waals surface area contributed by atoms with E-state index in [-0.39, 0.29) is 5.88 Å². The van der Waals surface area contributed by atoms with Gasteiger partial charge in [-0.2, -0.15) is 0 Å². The highest BCUT2D eigenvalue weighted by molar-refractivity contribution is 6.31. The molecule has 2 aromatic heterocycles. The Hall–Kier alpha value is -2.53. The van der Waals surface area contributed by atoms with Crippen LogP contribution >= 0.6 is 11.6 Å². The van der Waals surface area contributed by atoms with E-state index in [1.54, 1.807) is 31.5 Å². The average molecular weight is 302 g/mol. The van der Waals surface area contributed by atoms with Crippen molar-refractivity contribution in [3.63, 3.8) is 0 Å². The highest BCUT2D eigenvalue weighted by atomic mass is 35.5. The second-order valence-electron chi connectivity index (χ2n) is 4.33. The summed E-state index contributed by atoms with van der Waals surface area (Å²) in [6, 6.07) is 10.8. The molecule has 21 heavy (non-hydrogen) atoms. The summed E-state index contributed by atoms with van der Waals surface area (Å²) in [7, 11) is 1.58. The monoisotopic (exact) mass is 301 g/mol. The Kier molecular flexibility index (Phi) is 3.50. The Morgan fingerprint density at radius 2 is 2.10 bits per heavy atom. The number of halogens is 1. The number of rotatable bonds is 3. The number of hydrogen-bond acceptors (Lipinski definition) is 5. The van der Waals surface area contributed by atoms with Crippen LogP contribution in [-0.4, -0.2) is 17.3 Å². The summed E-state index contributed by atoms with van der Waals surface area (Å²) in [6.07, 6.45) is 1.68. The van der Waals surface area contributed by atoms with Crippen LogP contribution in [0.15, 0.2) is 47.1 Å². The van der Waals surface area contributed by atoms with E-state index in [2.05, 4.69) is 10.1 Å². The standard InChI is InChI=1S/C15H12ClN3O2/c1-20-12-6-5-9(16)8-10(12)14-13(15(17)21-19-14)11-4-2-3-7-18-11/h2-8H,17H2,1H3. The van der Waals surface area contributed by atoms with Gasteiger partial charge in [-0.05, 0) is 30.3 Å². The molecule has 0 unspecified atom stereocenters. The number of hydrogen-bond donors (Lipinski definition) is 1. The van der Waals surface area contributed by atoms with E-state index in [1.807, 2.05) is 18.2 Å². The first-order chi connectivity index (χ1) is 10.2. The van der Waals surface area contributed by atoms with Crippen LogP contribution in [0.1, 0.15) is 0 Å². The number of nitrogen functional groups attached to an aromatic ring is 1. The van der Waals surface area contributed by atoms with E-state index in [4.69, 9.17) is 26.6 Å². The fraction of sp³-hybridized carbons (Fsp3) is 0.0667. The third-order valence-electron chi connectivity index (χ3n) is 3.06. The SMILES string of the molecule is COc1ccc(Cl)cc1-c1noc(N)c1-c1ccccn1. The summed E-state index contributed by atoms with van der Waals surface area (Å²) >= 11 is 6.07. The number of ether oxygens (including phenoxy) is 1. The number of nitrogens with zero attached hydrogens (tertiary/aromatic N) is 2. The van der Waals surface area contributed by atoms with Gasteiger partial charge in [0.05, 0.1) is 18.4 Å². The topological polar surface area (TPSA) is 74.2 Å². The zero-order chi connectivity index (χ0) is 14.8. The number of benzene rings is 1. The molecule has 0 saturated heterocycles. The van der Waals surface area contributed by atoms with Crippen molar-refractivity contribution < 1.29 is 9.26 Å². The number of aromatic nitrogens is 2. The largest absolute Gasteiger partial charge is 0.496 e. The predicted molar refractivity (Wildman–Crippen MR) is 81.1 cm³/mol. The Morgan fingerprint density at radius 1 is 1.24 bits per heavy atom. The van der Waals surface area contributed by atoms with E-state index < -0.39 is 0 Å². The van der Waals surface area contributed by atoms with Crippen molar-refractivity contribution in [1.82, 2.24) is 10.1 Å². The Morgan fingerprint density at radius 3 is 2.81 bits per heavy atom. The normalized spacial score (nSPS) is 10.6. The van der Waals surface area contributed by atoms with Crippen molar-refractivity contribution in [2.75, 3.05) is 12.8 Å². The highest BCUT2D eigenvalue weighted by Gasteiger charge is 2.21. The van der Waals surface area contributed by atoms with E-state index in [0.717, 1.165) is 0 Å². The lowest BCUT2D eigenvalue weighted by Gasteiger charge is -2.08. The second kappa shape index (κ2) is 5.46. The summed E-state index contributed by atoms with van der Waals surface area (Å²) in [5.74, 6) is 0.829. The first kappa shape index (κ1) is 13.5. The Bertz CT molecular complexity index is 772. The van der Waals surface area contributed by atoms with Gasteiger partial charge in [-0.25, -0.2) is 0 Å². The highest BCUT2D eigenvalue weighted by Crippen LogP contribution is 2.40. The molecule has 0 atom stereocenters. The Balaban J connectivity index is 2.24. The zero-order valence-corrected chi connectivity index (χ0v) is 12.0. The molecule has 0 amide bonds. The van der Waals surface area contributed by atoms with Crippen molar-refractivity contribution >= 4 is 17.5 Å². The maximum Gasteiger partial charge on any atom is 0.232 e. The molecule has 0 aliphatic rings. The van der Waals surface area contributed by atoms with Crippen LogP contribution < -0.4 is 10.5 Å². The molecule has 0 fully saturated rings. The maximum atomic E-state index is 6.07. The molecule has 2 N–H and O–H groups in total. The van der Waals surface area contributed by atoms with E-state index in [1.165, 1.54) is 0 Å². The number of pyridine rings is 1. The van der Waals surface area contributed by atoms with Crippen molar-refractivity contribution in [2.24, 2.45) is 0 Å². The van der Waals surface area contributed by atoms with Crippen molar-refractivity contribution in [1.29, 1.82) is 0 Å². The molecule has 6 heteroatoms.